The third-order valence-electron chi connectivity index (χ3n) is 4.21. The zero-order chi connectivity index (χ0) is 22.2. The fourth-order valence-corrected chi connectivity index (χ4v) is 3.07. The molecule has 158 valence electrons. The summed E-state index contributed by atoms with van der Waals surface area (Å²) in [5.74, 6) is 0.383. The van der Waals surface area contributed by atoms with E-state index >= 15 is 0 Å². The van der Waals surface area contributed by atoms with Crippen LogP contribution in [0.1, 0.15) is 26.3 Å². The molecule has 0 saturated carbocycles. The molecule has 3 rings (SSSR count). The van der Waals surface area contributed by atoms with Crippen LogP contribution in [0.2, 0.25) is 0 Å². The molecule has 7 nitrogen and oxygen atoms in total. The number of carbonyl (C=O) groups excluding carboxylic acids is 2. The predicted octanol–water partition coefficient (Wildman–Crippen LogP) is 4.45. The SMILES string of the molecule is COc1ccc(C(=O)Oc2ccc(/C=N\NC(=O)c3ccccc3Br)cc2OC)cc1. The zero-order valence-electron chi connectivity index (χ0n) is 16.8. The first kappa shape index (κ1) is 22.0. The summed E-state index contributed by atoms with van der Waals surface area (Å²) >= 11 is 3.33. The van der Waals surface area contributed by atoms with Gasteiger partial charge in [0.25, 0.3) is 5.91 Å². The smallest absolute Gasteiger partial charge is 0.343 e. The van der Waals surface area contributed by atoms with Crippen molar-refractivity contribution in [2.24, 2.45) is 5.10 Å². The van der Waals surface area contributed by atoms with E-state index < -0.39 is 5.97 Å². The Labute approximate surface area is 187 Å². The molecule has 0 radical (unpaired) electrons. The van der Waals surface area contributed by atoms with Crippen LogP contribution in [0.4, 0.5) is 0 Å². The van der Waals surface area contributed by atoms with Gasteiger partial charge in [0.2, 0.25) is 0 Å². The van der Waals surface area contributed by atoms with Crippen LogP contribution in [0.3, 0.4) is 0 Å². The van der Waals surface area contributed by atoms with Gasteiger partial charge in [-0.2, -0.15) is 5.10 Å². The zero-order valence-corrected chi connectivity index (χ0v) is 18.4. The van der Waals surface area contributed by atoms with Crippen molar-refractivity contribution in [1.29, 1.82) is 0 Å². The van der Waals surface area contributed by atoms with E-state index in [4.69, 9.17) is 14.2 Å². The minimum absolute atomic E-state index is 0.262. The van der Waals surface area contributed by atoms with Crippen molar-refractivity contribution in [1.82, 2.24) is 5.43 Å². The first-order chi connectivity index (χ1) is 15.0. The number of halogens is 1. The van der Waals surface area contributed by atoms with Crippen LogP contribution in [0.5, 0.6) is 17.2 Å². The maximum atomic E-state index is 12.4. The lowest BCUT2D eigenvalue weighted by molar-refractivity contribution is 0.0729. The molecule has 3 aromatic carbocycles. The fourth-order valence-electron chi connectivity index (χ4n) is 2.61. The monoisotopic (exact) mass is 482 g/mol. The summed E-state index contributed by atoms with van der Waals surface area (Å²) in [6, 6.07) is 18.5. The van der Waals surface area contributed by atoms with Gasteiger partial charge in [0.1, 0.15) is 5.75 Å². The lowest BCUT2D eigenvalue weighted by atomic mass is 10.2. The van der Waals surface area contributed by atoms with Crippen molar-refractivity contribution >= 4 is 34.0 Å². The van der Waals surface area contributed by atoms with E-state index in [1.165, 1.54) is 13.3 Å². The molecule has 1 amide bonds. The molecule has 0 bridgehead atoms. The average molecular weight is 483 g/mol. The summed E-state index contributed by atoms with van der Waals surface area (Å²) in [5.41, 5.74) is 3.96. The number of hydrazone groups is 1. The number of methoxy groups -OCH3 is 2. The number of hydrogen-bond acceptors (Lipinski definition) is 6. The highest BCUT2D eigenvalue weighted by Gasteiger charge is 2.13. The number of nitrogens with zero attached hydrogens (tertiary/aromatic N) is 1. The molecule has 8 heteroatoms. The first-order valence-electron chi connectivity index (χ1n) is 9.14. The van der Waals surface area contributed by atoms with Crippen molar-refractivity contribution in [2.75, 3.05) is 14.2 Å². The Morgan fingerprint density at radius 2 is 1.68 bits per heavy atom. The molecule has 0 fully saturated rings. The lowest BCUT2D eigenvalue weighted by Crippen LogP contribution is -2.18. The highest BCUT2D eigenvalue weighted by Crippen LogP contribution is 2.28. The Morgan fingerprint density at radius 3 is 2.35 bits per heavy atom. The van der Waals surface area contributed by atoms with Gasteiger partial charge in [0, 0.05) is 4.47 Å². The standard InChI is InChI=1S/C23H19BrN2O5/c1-29-17-10-8-16(9-11-17)23(28)31-20-12-7-15(13-21(20)30-2)14-25-26-22(27)18-5-3-4-6-19(18)24/h3-14H,1-2H3,(H,26,27)/b25-14-. The van der Waals surface area contributed by atoms with E-state index in [-0.39, 0.29) is 11.7 Å². The van der Waals surface area contributed by atoms with Gasteiger partial charge in [-0.3, -0.25) is 4.79 Å². The van der Waals surface area contributed by atoms with E-state index in [2.05, 4.69) is 26.5 Å². The van der Waals surface area contributed by atoms with Crippen molar-refractivity contribution in [3.05, 3.63) is 87.9 Å². The molecule has 0 aliphatic carbocycles. The van der Waals surface area contributed by atoms with Crippen LogP contribution >= 0.6 is 15.9 Å². The second-order valence-corrected chi connectivity index (χ2v) is 7.06. The number of hydrogen-bond donors (Lipinski definition) is 1. The molecule has 31 heavy (non-hydrogen) atoms. The van der Waals surface area contributed by atoms with Crippen LogP contribution in [0, 0.1) is 0 Å². The van der Waals surface area contributed by atoms with Crippen molar-refractivity contribution < 1.29 is 23.8 Å². The summed E-state index contributed by atoms with van der Waals surface area (Å²) in [4.78, 5) is 24.6. The summed E-state index contributed by atoms with van der Waals surface area (Å²) in [5, 5.41) is 3.97. The molecule has 0 heterocycles. The molecular weight excluding hydrogens is 464 g/mol. The number of esters is 1. The van der Waals surface area contributed by atoms with Crippen LogP contribution in [0.15, 0.2) is 76.3 Å². The molecule has 0 aliphatic heterocycles. The lowest BCUT2D eigenvalue weighted by Gasteiger charge is -2.10. The minimum Gasteiger partial charge on any atom is -0.497 e. The van der Waals surface area contributed by atoms with Crippen LogP contribution in [0.25, 0.3) is 0 Å². The number of carbonyl (C=O) groups is 2. The summed E-state index contributed by atoms with van der Waals surface area (Å²) in [6.45, 7) is 0. The Bertz CT molecular complexity index is 1110. The number of benzene rings is 3. The topological polar surface area (TPSA) is 86.2 Å². The second-order valence-electron chi connectivity index (χ2n) is 6.21. The molecular formula is C23H19BrN2O5. The Hall–Kier alpha value is -3.65. The molecule has 1 N–H and O–H groups in total. The van der Waals surface area contributed by atoms with Crippen LogP contribution < -0.4 is 19.6 Å². The molecule has 0 aromatic heterocycles. The van der Waals surface area contributed by atoms with Gasteiger partial charge in [-0.25, -0.2) is 10.2 Å². The predicted molar refractivity (Wildman–Crippen MR) is 120 cm³/mol. The Morgan fingerprint density at radius 1 is 0.935 bits per heavy atom. The van der Waals surface area contributed by atoms with E-state index in [1.807, 2.05) is 6.07 Å². The van der Waals surface area contributed by atoms with Gasteiger partial charge in [-0.1, -0.05) is 12.1 Å². The third-order valence-corrected chi connectivity index (χ3v) is 4.91. The van der Waals surface area contributed by atoms with Crippen molar-refractivity contribution in [2.45, 2.75) is 0 Å². The number of amides is 1. The average Bonchev–Trinajstić information content (AvgIpc) is 2.80. The molecule has 0 spiro atoms. The van der Waals surface area contributed by atoms with Crippen LogP contribution in [-0.2, 0) is 0 Å². The van der Waals surface area contributed by atoms with Gasteiger partial charge >= 0.3 is 5.97 Å². The van der Waals surface area contributed by atoms with Gasteiger partial charge in [-0.05, 0) is 76.1 Å². The molecule has 0 unspecified atom stereocenters. The normalized spacial score (nSPS) is 10.5. The van der Waals surface area contributed by atoms with Gasteiger partial charge in [-0.15, -0.1) is 0 Å². The largest absolute Gasteiger partial charge is 0.497 e. The maximum Gasteiger partial charge on any atom is 0.343 e. The summed E-state index contributed by atoms with van der Waals surface area (Å²) < 4.78 is 16.5. The van der Waals surface area contributed by atoms with Gasteiger partial charge in [0.05, 0.1) is 31.6 Å². The Balaban J connectivity index is 1.67. The molecule has 0 aliphatic rings. The van der Waals surface area contributed by atoms with Crippen LogP contribution in [-0.4, -0.2) is 32.3 Å². The summed E-state index contributed by atoms with van der Waals surface area (Å²) in [6.07, 6.45) is 1.46. The van der Waals surface area contributed by atoms with Gasteiger partial charge in [0.15, 0.2) is 11.5 Å². The maximum absolute atomic E-state index is 12.4. The Kier molecular flexibility index (Phi) is 7.40. The van der Waals surface area contributed by atoms with E-state index in [9.17, 15) is 9.59 Å². The molecule has 0 atom stereocenters. The van der Waals surface area contributed by atoms with Crippen molar-refractivity contribution in [3.63, 3.8) is 0 Å². The minimum atomic E-state index is -0.525. The van der Waals surface area contributed by atoms with E-state index in [1.54, 1.807) is 67.8 Å². The quantitative estimate of drug-likeness (QED) is 0.232. The van der Waals surface area contributed by atoms with Gasteiger partial charge < -0.3 is 14.2 Å². The number of nitrogens with one attached hydrogen (secondary N) is 1. The highest BCUT2D eigenvalue weighted by molar-refractivity contribution is 9.10. The van der Waals surface area contributed by atoms with E-state index in [0.717, 1.165) is 0 Å². The first-order valence-corrected chi connectivity index (χ1v) is 9.93. The molecule has 0 saturated heterocycles. The second kappa shape index (κ2) is 10.4. The number of rotatable bonds is 7. The molecule has 3 aromatic rings. The fraction of sp³-hybridized carbons (Fsp3) is 0.0870. The van der Waals surface area contributed by atoms with Crippen molar-refractivity contribution in [3.8, 4) is 17.2 Å². The number of ether oxygens (including phenoxy) is 3. The highest BCUT2D eigenvalue weighted by atomic mass is 79.9. The third kappa shape index (κ3) is 5.70. The van der Waals surface area contributed by atoms with E-state index in [0.29, 0.717) is 32.7 Å². The summed E-state index contributed by atoms with van der Waals surface area (Å²) in [7, 11) is 3.02.